The van der Waals surface area contributed by atoms with Crippen LogP contribution >= 0.6 is 0 Å². The number of hydrogen-bond acceptors (Lipinski definition) is 4. The normalized spacial score (nSPS) is 13.3. The third-order valence-electron chi connectivity index (χ3n) is 3.78. The number of nitrogens with one attached hydrogen (secondary N) is 1. The van der Waals surface area contributed by atoms with Crippen LogP contribution in [0.1, 0.15) is 25.2 Å². The van der Waals surface area contributed by atoms with E-state index in [1.807, 2.05) is 13.8 Å². The van der Waals surface area contributed by atoms with Gasteiger partial charge in [0.1, 0.15) is 17.2 Å². The van der Waals surface area contributed by atoms with E-state index in [2.05, 4.69) is 15.3 Å². The molecule has 1 atom stereocenters. The number of aliphatic hydroxyl groups excluding tert-OH is 1. The molecule has 0 bridgehead atoms. The molecule has 0 unspecified atom stereocenters. The molecule has 0 spiro atoms. The van der Waals surface area contributed by atoms with Crippen LogP contribution in [-0.4, -0.2) is 27.7 Å². The van der Waals surface area contributed by atoms with Crippen LogP contribution in [0.3, 0.4) is 0 Å². The van der Waals surface area contributed by atoms with Gasteiger partial charge < -0.3 is 10.4 Å². The van der Waals surface area contributed by atoms with Crippen molar-refractivity contribution in [1.29, 1.82) is 0 Å². The number of halogens is 4. The summed E-state index contributed by atoms with van der Waals surface area (Å²) >= 11 is 0. The van der Waals surface area contributed by atoms with E-state index in [4.69, 9.17) is 0 Å². The molecule has 0 aromatic carbocycles. The summed E-state index contributed by atoms with van der Waals surface area (Å²) in [5.74, 6) is -0.447. The minimum absolute atomic E-state index is 0.0471. The molecule has 4 nitrogen and oxygen atoms in total. The molecule has 0 aliphatic rings. The van der Waals surface area contributed by atoms with Crippen molar-refractivity contribution in [3.63, 3.8) is 0 Å². The van der Waals surface area contributed by atoms with Crippen LogP contribution in [0.15, 0.2) is 30.5 Å². The lowest BCUT2D eigenvalue weighted by Crippen LogP contribution is -2.36. The molecular weight excluding hydrogens is 338 g/mol. The Morgan fingerprint density at radius 1 is 1.16 bits per heavy atom. The van der Waals surface area contributed by atoms with Gasteiger partial charge >= 0.3 is 6.18 Å². The van der Waals surface area contributed by atoms with Crippen LogP contribution < -0.4 is 5.32 Å². The Morgan fingerprint density at radius 2 is 1.88 bits per heavy atom. The minimum atomic E-state index is -4.55. The molecule has 0 amide bonds. The van der Waals surface area contributed by atoms with Gasteiger partial charge in [-0.2, -0.15) is 13.2 Å². The Bertz CT molecular complexity index is 702. The van der Waals surface area contributed by atoms with Gasteiger partial charge in [-0.3, -0.25) is 4.98 Å². The molecule has 0 saturated carbocycles. The van der Waals surface area contributed by atoms with Crippen molar-refractivity contribution in [2.75, 3.05) is 6.61 Å². The summed E-state index contributed by atoms with van der Waals surface area (Å²) in [6.45, 7) is 4.15. The Balaban J connectivity index is 2.21. The second kappa shape index (κ2) is 7.88. The number of rotatable bonds is 6. The van der Waals surface area contributed by atoms with Gasteiger partial charge in [0.15, 0.2) is 0 Å². The van der Waals surface area contributed by atoms with E-state index in [-0.39, 0.29) is 29.8 Å². The van der Waals surface area contributed by atoms with Gasteiger partial charge in [0.05, 0.1) is 12.3 Å². The number of aliphatic hydroxyl groups is 1. The maximum atomic E-state index is 14.0. The van der Waals surface area contributed by atoms with Crippen molar-refractivity contribution < 1.29 is 22.7 Å². The quantitative estimate of drug-likeness (QED) is 0.778. The number of nitrogens with zero attached hydrogens (tertiary/aromatic N) is 2. The van der Waals surface area contributed by atoms with Crippen molar-refractivity contribution in [1.82, 2.24) is 15.3 Å². The van der Waals surface area contributed by atoms with Crippen LogP contribution in [0.25, 0.3) is 11.3 Å². The van der Waals surface area contributed by atoms with E-state index in [1.165, 1.54) is 12.1 Å². The lowest BCUT2D eigenvalue weighted by atomic mass is 10.1. The molecule has 2 rings (SSSR count). The van der Waals surface area contributed by atoms with Crippen LogP contribution in [-0.2, 0) is 12.7 Å². The van der Waals surface area contributed by atoms with Gasteiger partial charge in [-0.1, -0.05) is 13.8 Å². The maximum Gasteiger partial charge on any atom is 0.433 e. The number of aromatic nitrogens is 2. The van der Waals surface area contributed by atoms with Gasteiger partial charge in [-0.05, 0) is 30.2 Å². The molecular formula is C17H19F4N3O. The van der Waals surface area contributed by atoms with Crippen molar-refractivity contribution in [2.24, 2.45) is 5.92 Å². The largest absolute Gasteiger partial charge is 0.433 e. The lowest BCUT2D eigenvalue weighted by molar-refractivity contribution is -0.141. The molecule has 0 fully saturated rings. The molecule has 136 valence electrons. The zero-order valence-corrected chi connectivity index (χ0v) is 13.8. The van der Waals surface area contributed by atoms with E-state index >= 15 is 0 Å². The van der Waals surface area contributed by atoms with Gasteiger partial charge in [0.2, 0.25) is 0 Å². The number of pyridine rings is 2. The topological polar surface area (TPSA) is 58.0 Å². The summed E-state index contributed by atoms with van der Waals surface area (Å²) in [6.07, 6.45) is -3.59. The number of alkyl halides is 3. The van der Waals surface area contributed by atoms with Crippen LogP contribution in [0, 0.1) is 11.7 Å². The van der Waals surface area contributed by atoms with Crippen LogP contribution in [0.2, 0.25) is 0 Å². The SMILES string of the molecule is CC(C)[C@H](CO)NCc1ccc(F)c(-c2ccc(C(F)(F)F)nc2)n1. The molecule has 0 saturated heterocycles. The predicted molar refractivity (Wildman–Crippen MR) is 85.0 cm³/mol. The van der Waals surface area contributed by atoms with E-state index in [1.54, 1.807) is 0 Å². The Hall–Kier alpha value is -2.06. The third kappa shape index (κ3) is 4.96. The van der Waals surface area contributed by atoms with E-state index in [0.717, 1.165) is 18.3 Å². The van der Waals surface area contributed by atoms with E-state index < -0.39 is 17.7 Å². The molecule has 0 aliphatic heterocycles. The maximum absolute atomic E-state index is 14.0. The lowest BCUT2D eigenvalue weighted by Gasteiger charge is -2.19. The van der Waals surface area contributed by atoms with Crippen molar-refractivity contribution >= 4 is 0 Å². The first-order chi connectivity index (χ1) is 11.7. The fourth-order valence-electron chi connectivity index (χ4n) is 2.23. The first kappa shape index (κ1) is 19.3. The molecule has 2 aromatic heterocycles. The van der Waals surface area contributed by atoms with E-state index in [0.29, 0.717) is 12.2 Å². The average Bonchev–Trinajstić information content (AvgIpc) is 2.56. The van der Waals surface area contributed by atoms with Crippen LogP contribution in [0.5, 0.6) is 0 Å². The highest BCUT2D eigenvalue weighted by molar-refractivity contribution is 5.58. The summed E-state index contributed by atoms with van der Waals surface area (Å²) in [4.78, 5) is 7.49. The minimum Gasteiger partial charge on any atom is -0.395 e. The summed E-state index contributed by atoms with van der Waals surface area (Å²) in [5, 5.41) is 12.4. The van der Waals surface area contributed by atoms with Gasteiger partial charge in [0, 0.05) is 24.3 Å². The number of hydrogen-bond donors (Lipinski definition) is 2. The summed E-state index contributed by atoms with van der Waals surface area (Å²) in [5.41, 5.74) is -0.437. The van der Waals surface area contributed by atoms with Gasteiger partial charge in [-0.25, -0.2) is 9.37 Å². The standard InChI is InChI=1S/C17H19F4N3O/c1-10(2)14(9-25)22-8-12-4-5-13(18)16(24-12)11-3-6-15(23-7-11)17(19,20)21/h3-7,10,14,22,25H,8-9H2,1-2H3/t14-/m0/s1. The summed E-state index contributed by atoms with van der Waals surface area (Å²) < 4.78 is 51.7. The Labute approximate surface area is 142 Å². The third-order valence-corrected chi connectivity index (χ3v) is 3.78. The molecule has 2 N–H and O–H groups in total. The predicted octanol–water partition coefficient (Wildman–Crippen LogP) is 3.41. The highest BCUT2D eigenvalue weighted by Gasteiger charge is 2.32. The Kier molecular flexibility index (Phi) is 6.07. The molecule has 2 heterocycles. The average molecular weight is 357 g/mol. The Morgan fingerprint density at radius 3 is 2.40 bits per heavy atom. The van der Waals surface area contributed by atoms with Gasteiger partial charge in [-0.15, -0.1) is 0 Å². The van der Waals surface area contributed by atoms with E-state index in [9.17, 15) is 22.7 Å². The molecule has 8 heteroatoms. The van der Waals surface area contributed by atoms with Crippen molar-refractivity contribution in [3.05, 3.63) is 47.7 Å². The first-order valence-corrected chi connectivity index (χ1v) is 7.75. The van der Waals surface area contributed by atoms with Crippen LogP contribution in [0.4, 0.5) is 17.6 Å². The summed E-state index contributed by atoms with van der Waals surface area (Å²) in [7, 11) is 0. The highest BCUT2D eigenvalue weighted by atomic mass is 19.4. The second-order valence-electron chi connectivity index (χ2n) is 5.98. The fraction of sp³-hybridized carbons (Fsp3) is 0.412. The molecule has 0 aliphatic carbocycles. The first-order valence-electron chi connectivity index (χ1n) is 7.75. The van der Waals surface area contributed by atoms with Crippen molar-refractivity contribution in [3.8, 4) is 11.3 Å². The molecule has 2 aromatic rings. The zero-order chi connectivity index (χ0) is 18.6. The second-order valence-corrected chi connectivity index (χ2v) is 5.98. The van der Waals surface area contributed by atoms with Gasteiger partial charge in [0.25, 0.3) is 0 Å². The summed E-state index contributed by atoms with van der Waals surface area (Å²) in [6, 6.07) is 4.49. The molecule has 0 radical (unpaired) electrons. The van der Waals surface area contributed by atoms with Crippen molar-refractivity contribution in [2.45, 2.75) is 32.6 Å². The zero-order valence-electron chi connectivity index (χ0n) is 13.8. The smallest absolute Gasteiger partial charge is 0.395 e. The monoisotopic (exact) mass is 357 g/mol. The molecule has 25 heavy (non-hydrogen) atoms. The fourth-order valence-corrected chi connectivity index (χ4v) is 2.23. The highest BCUT2D eigenvalue weighted by Crippen LogP contribution is 2.29.